The normalized spacial score (nSPS) is 13.1. The molecule has 0 bridgehead atoms. The molecule has 0 saturated heterocycles. The first-order chi connectivity index (χ1) is 23.1. The number of quaternary nitrogens is 1. The zero-order valence-corrected chi connectivity index (χ0v) is 31.6. The first kappa shape index (κ1) is 46.0. The van der Waals surface area contributed by atoms with Crippen LogP contribution in [0.15, 0.2) is 12.2 Å². The SMILES string of the molecule is CCCCCCCC/C=C\CCCCCCCC(=O)OC(COC(=O)CCCCCCCCCC)COC(OCC[N+](C)(C)C)C(=O)[O-]. The number of carboxylic acid groups (broad SMARTS) is 1. The van der Waals surface area contributed by atoms with E-state index in [1.165, 1.54) is 77.0 Å². The smallest absolute Gasteiger partial charge is 0.306 e. The van der Waals surface area contributed by atoms with E-state index in [1.54, 1.807) is 0 Å². The third kappa shape index (κ3) is 32.6. The number of ether oxygens (including phenoxy) is 4. The van der Waals surface area contributed by atoms with Crippen LogP contribution in [-0.2, 0) is 33.3 Å². The number of hydrogen-bond donors (Lipinski definition) is 0. The maximum atomic E-state index is 12.6. The standard InChI is InChI=1S/C39H73NO8/c1-6-8-10-12-14-16-17-18-19-20-21-22-24-26-28-30-37(42)48-35(34-47-39(38(43)44)45-32-31-40(3,4)5)33-46-36(41)29-27-25-23-15-13-11-9-7-2/h18-19,35,39H,6-17,20-34H2,1-5H3/b19-18-. The van der Waals surface area contributed by atoms with Gasteiger partial charge < -0.3 is 33.3 Å². The van der Waals surface area contributed by atoms with Gasteiger partial charge in [0, 0.05) is 12.8 Å². The van der Waals surface area contributed by atoms with Crippen molar-refractivity contribution in [3.8, 4) is 0 Å². The molecular weight excluding hydrogens is 610 g/mol. The minimum absolute atomic E-state index is 0.148. The fourth-order valence-corrected chi connectivity index (χ4v) is 5.17. The molecule has 0 rings (SSSR count). The lowest BCUT2D eigenvalue weighted by molar-refractivity contribution is -0.870. The van der Waals surface area contributed by atoms with Crippen LogP contribution in [0.3, 0.4) is 0 Å². The van der Waals surface area contributed by atoms with Gasteiger partial charge in [0.2, 0.25) is 0 Å². The number of hydrogen-bond acceptors (Lipinski definition) is 8. The Morgan fingerprint density at radius 2 is 1.06 bits per heavy atom. The molecule has 2 atom stereocenters. The number of nitrogens with zero attached hydrogens (tertiary/aromatic N) is 1. The number of aliphatic carboxylic acids is 1. The van der Waals surface area contributed by atoms with Crippen molar-refractivity contribution in [2.45, 2.75) is 174 Å². The number of unbranched alkanes of at least 4 members (excludes halogenated alkanes) is 18. The van der Waals surface area contributed by atoms with E-state index in [2.05, 4.69) is 26.0 Å². The van der Waals surface area contributed by atoms with Gasteiger partial charge in [-0.1, -0.05) is 122 Å². The highest BCUT2D eigenvalue weighted by Gasteiger charge is 2.21. The summed E-state index contributed by atoms with van der Waals surface area (Å²) in [7, 11) is 5.89. The molecule has 282 valence electrons. The zero-order valence-electron chi connectivity index (χ0n) is 31.6. The molecule has 48 heavy (non-hydrogen) atoms. The van der Waals surface area contributed by atoms with Gasteiger partial charge in [0.05, 0.1) is 40.3 Å². The molecule has 0 fully saturated rings. The van der Waals surface area contributed by atoms with E-state index in [-0.39, 0.29) is 32.2 Å². The van der Waals surface area contributed by atoms with E-state index in [0.29, 0.717) is 23.9 Å². The molecule has 9 heteroatoms. The molecule has 0 aromatic rings. The second-order valence-electron chi connectivity index (χ2n) is 14.2. The zero-order chi connectivity index (χ0) is 35.7. The second kappa shape index (κ2) is 32.2. The Balaban J connectivity index is 4.51. The maximum Gasteiger partial charge on any atom is 0.306 e. The van der Waals surface area contributed by atoms with E-state index >= 15 is 0 Å². The predicted molar refractivity (Wildman–Crippen MR) is 191 cm³/mol. The van der Waals surface area contributed by atoms with Gasteiger partial charge in [-0.25, -0.2) is 0 Å². The fourth-order valence-electron chi connectivity index (χ4n) is 5.17. The van der Waals surface area contributed by atoms with Gasteiger partial charge in [0.25, 0.3) is 0 Å². The lowest BCUT2D eigenvalue weighted by Gasteiger charge is -2.26. The highest BCUT2D eigenvalue weighted by molar-refractivity contribution is 5.70. The maximum absolute atomic E-state index is 12.6. The number of carboxylic acids is 1. The Labute approximate surface area is 294 Å². The average molecular weight is 684 g/mol. The third-order valence-electron chi connectivity index (χ3n) is 8.26. The molecule has 0 N–H and O–H groups in total. The summed E-state index contributed by atoms with van der Waals surface area (Å²) in [5.74, 6) is -2.30. The monoisotopic (exact) mass is 684 g/mol. The number of carbonyl (C=O) groups is 3. The average Bonchev–Trinajstić information content (AvgIpc) is 3.03. The van der Waals surface area contributed by atoms with Crippen molar-refractivity contribution in [2.24, 2.45) is 0 Å². The molecule has 0 aliphatic rings. The van der Waals surface area contributed by atoms with Crippen LogP contribution < -0.4 is 5.11 Å². The van der Waals surface area contributed by atoms with Gasteiger partial charge in [-0.2, -0.15) is 0 Å². The van der Waals surface area contributed by atoms with Crippen LogP contribution in [0.4, 0.5) is 0 Å². The third-order valence-corrected chi connectivity index (χ3v) is 8.26. The van der Waals surface area contributed by atoms with Gasteiger partial charge in [0.15, 0.2) is 12.4 Å². The van der Waals surface area contributed by atoms with Gasteiger partial charge in [-0.3, -0.25) is 9.59 Å². The summed E-state index contributed by atoms with van der Waals surface area (Å²) in [6, 6.07) is 0. The van der Waals surface area contributed by atoms with Crippen molar-refractivity contribution in [1.82, 2.24) is 0 Å². The molecule has 0 heterocycles. The van der Waals surface area contributed by atoms with Crippen molar-refractivity contribution >= 4 is 17.9 Å². The second-order valence-corrected chi connectivity index (χ2v) is 14.2. The molecule has 0 amide bonds. The Morgan fingerprint density at radius 3 is 1.54 bits per heavy atom. The largest absolute Gasteiger partial charge is 0.545 e. The first-order valence-electron chi connectivity index (χ1n) is 19.3. The van der Waals surface area contributed by atoms with Gasteiger partial charge in [-0.15, -0.1) is 0 Å². The number of esters is 2. The Kier molecular flexibility index (Phi) is 30.9. The van der Waals surface area contributed by atoms with E-state index < -0.39 is 24.3 Å². The van der Waals surface area contributed by atoms with Crippen LogP contribution >= 0.6 is 0 Å². The van der Waals surface area contributed by atoms with E-state index in [0.717, 1.165) is 51.4 Å². The minimum Gasteiger partial charge on any atom is -0.545 e. The van der Waals surface area contributed by atoms with Crippen molar-refractivity contribution in [3.05, 3.63) is 12.2 Å². The lowest BCUT2D eigenvalue weighted by Crippen LogP contribution is -2.44. The van der Waals surface area contributed by atoms with Crippen LogP contribution in [0, 0.1) is 0 Å². The Bertz CT molecular complexity index is 810. The van der Waals surface area contributed by atoms with Gasteiger partial charge in [0.1, 0.15) is 13.2 Å². The number of rotatable bonds is 35. The van der Waals surface area contributed by atoms with Gasteiger partial charge in [-0.05, 0) is 38.5 Å². The van der Waals surface area contributed by atoms with Gasteiger partial charge >= 0.3 is 11.9 Å². The summed E-state index contributed by atoms with van der Waals surface area (Å²) in [6.45, 7) is 4.68. The summed E-state index contributed by atoms with van der Waals surface area (Å²) in [6.07, 6.45) is 26.8. The molecule has 2 unspecified atom stereocenters. The topological polar surface area (TPSA) is 111 Å². The molecule has 9 nitrogen and oxygen atoms in total. The number of carbonyl (C=O) groups excluding carboxylic acids is 3. The van der Waals surface area contributed by atoms with E-state index in [9.17, 15) is 19.5 Å². The minimum atomic E-state index is -1.61. The van der Waals surface area contributed by atoms with E-state index in [1.807, 2.05) is 21.1 Å². The highest BCUT2D eigenvalue weighted by Crippen LogP contribution is 2.13. The fraction of sp³-hybridized carbons (Fsp3) is 0.872. The number of allylic oxidation sites excluding steroid dienone is 2. The summed E-state index contributed by atoms with van der Waals surface area (Å²) in [5, 5.41) is 11.6. The Hall–Kier alpha value is -1.97. The molecular formula is C39H73NO8. The molecule has 0 aromatic carbocycles. The molecule has 0 aliphatic carbocycles. The quantitative estimate of drug-likeness (QED) is 0.0219. The van der Waals surface area contributed by atoms with Crippen LogP contribution in [0.5, 0.6) is 0 Å². The highest BCUT2D eigenvalue weighted by atomic mass is 16.7. The van der Waals surface area contributed by atoms with Crippen molar-refractivity contribution in [3.63, 3.8) is 0 Å². The number of likely N-dealkylation sites (N-methyl/N-ethyl adjacent to an activating group) is 1. The van der Waals surface area contributed by atoms with Crippen LogP contribution in [-0.4, -0.2) is 82.3 Å². The summed E-state index contributed by atoms with van der Waals surface area (Å²) >= 11 is 0. The summed E-state index contributed by atoms with van der Waals surface area (Å²) in [4.78, 5) is 36.6. The lowest BCUT2D eigenvalue weighted by atomic mass is 10.1. The first-order valence-corrected chi connectivity index (χ1v) is 19.3. The van der Waals surface area contributed by atoms with E-state index in [4.69, 9.17) is 18.9 Å². The molecule has 0 radical (unpaired) electrons. The van der Waals surface area contributed by atoms with Crippen molar-refractivity contribution < 1.29 is 42.9 Å². The Morgan fingerprint density at radius 1 is 0.604 bits per heavy atom. The van der Waals surface area contributed by atoms with Crippen LogP contribution in [0.1, 0.15) is 162 Å². The van der Waals surface area contributed by atoms with Crippen molar-refractivity contribution in [2.75, 3.05) is 47.5 Å². The predicted octanol–water partition coefficient (Wildman–Crippen LogP) is 7.83. The van der Waals surface area contributed by atoms with Crippen LogP contribution in [0.2, 0.25) is 0 Å². The molecule has 0 spiro atoms. The summed E-state index contributed by atoms with van der Waals surface area (Å²) in [5.41, 5.74) is 0. The van der Waals surface area contributed by atoms with Crippen LogP contribution in [0.25, 0.3) is 0 Å². The molecule has 0 aliphatic heterocycles. The summed E-state index contributed by atoms with van der Waals surface area (Å²) < 4.78 is 22.4. The molecule has 0 saturated carbocycles. The van der Waals surface area contributed by atoms with Crippen molar-refractivity contribution in [1.29, 1.82) is 0 Å². The molecule has 0 aromatic heterocycles.